The van der Waals surface area contributed by atoms with Gasteiger partial charge in [-0.25, -0.2) is 0 Å². The number of halogens is 2. The molecule has 0 radical (unpaired) electrons. The van der Waals surface area contributed by atoms with E-state index in [-0.39, 0.29) is 5.43 Å². The molecule has 2 rings (SSSR count). The van der Waals surface area contributed by atoms with Crippen molar-refractivity contribution in [3.8, 4) is 0 Å². The van der Waals surface area contributed by atoms with E-state index in [0.29, 0.717) is 15.9 Å². The summed E-state index contributed by atoms with van der Waals surface area (Å²) in [7, 11) is 0. The number of hydrogen-bond acceptors (Lipinski definition) is 1. The highest BCUT2D eigenvalue weighted by Crippen LogP contribution is 2.25. The minimum absolute atomic E-state index is 0.0666. The molecule has 1 aromatic carbocycles. The van der Waals surface area contributed by atoms with Crippen molar-refractivity contribution in [2.75, 3.05) is 0 Å². The van der Waals surface area contributed by atoms with Gasteiger partial charge in [0.05, 0.1) is 10.5 Å². The summed E-state index contributed by atoms with van der Waals surface area (Å²) in [4.78, 5) is 15.4. The fourth-order valence-corrected chi connectivity index (χ4v) is 2.76. The second-order valence-corrected chi connectivity index (χ2v) is 5.04. The predicted octanol–water partition coefficient (Wildman–Crippen LogP) is 3.81. The van der Waals surface area contributed by atoms with Crippen LogP contribution in [-0.2, 0) is 6.42 Å². The lowest BCUT2D eigenvalue weighted by molar-refractivity contribution is 1.05. The van der Waals surface area contributed by atoms with Gasteiger partial charge in [-0.05, 0) is 25.5 Å². The van der Waals surface area contributed by atoms with Gasteiger partial charge in [-0.15, -0.1) is 0 Å². The number of aromatic amines is 1. The fourth-order valence-electron chi connectivity index (χ4n) is 1.90. The van der Waals surface area contributed by atoms with Crippen LogP contribution in [0.1, 0.15) is 18.2 Å². The Hall–Kier alpha value is -0.800. The highest BCUT2D eigenvalue weighted by atomic mass is 79.9. The molecule has 2 aromatic rings. The number of nitrogens with one attached hydrogen (secondary N) is 1. The van der Waals surface area contributed by atoms with Gasteiger partial charge >= 0.3 is 0 Å². The average molecular weight is 301 g/mol. The molecule has 1 heterocycles. The van der Waals surface area contributed by atoms with Crippen molar-refractivity contribution < 1.29 is 0 Å². The maximum Gasteiger partial charge on any atom is 0.192 e. The first kappa shape index (κ1) is 11.7. The van der Waals surface area contributed by atoms with Gasteiger partial charge in [0.25, 0.3) is 0 Å². The average Bonchev–Trinajstić information content (AvgIpc) is 2.21. The van der Waals surface area contributed by atoms with Gasteiger partial charge in [-0.3, -0.25) is 4.79 Å². The lowest BCUT2D eigenvalue weighted by atomic mass is 10.1. The van der Waals surface area contributed by atoms with Crippen molar-refractivity contribution in [3.05, 3.63) is 43.1 Å². The fraction of sp³-hybridized carbons (Fsp3) is 0.250. The van der Waals surface area contributed by atoms with Crippen LogP contribution in [0.25, 0.3) is 10.9 Å². The van der Waals surface area contributed by atoms with Crippen LogP contribution in [0.15, 0.2) is 21.4 Å². The molecule has 0 amide bonds. The van der Waals surface area contributed by atoms with Crippen molar-refractivity contribution in [2.45, 2.75) is 20.3 Å². The van der Waals surface area contributed by atoms with E-state index < -0.39 is 0 Å². The summed E-state index contributed by atoms with van der Waals surface area (Å²) in [5.41, 5.74) is 2.49. The molecule has 16 heavy (non-hydrogen) atoms. The minimum atomic E-state index is 0.0666. The molecular weight excluding hydrogens is 289 g/mol. The first-order valence-electron chi connectivity index (χ1n) is 5.05. The van der Waals surface area contributed by atoms with Gasteiger partial charge in [-0.1, -0.05) is 34.5 Å². The second kappa shape index (κ2) is 4.22. The van der Waals surface area contributed by atoms with E-state index in [4.69, 9.17) is 11.6 Å². The molecule has 1 N–H and O–H groups in total. The Labute approximate surface area is 107 Å². The Balaban J connectivity index is 2.99. The molecule has 0 saturated heterocycles. The van der Waals surface area contributed by atoms with Crippen LogP contribution in [0.2, 0.25) is 5.02 Å². The van der Waals surface area contributed by atoms with Crippen molar-refractivity contribution in [1.82, 2.24) is 4.98 Å². The third-order valence-corrected chi connectivity index (χ3v) is 3.45. The van der Waals surface area contributed by atoms with E-state index in [9.17, 15) is 4.79 Å². The number of fused-ring (bicyclic) bond motifs is 1. The largest absolute Gasteiger partial charge is 0.357 e. The smallest absolute Gasteiger partial charge is 0.192 e. The van der Waals surface area contributed by atoms with Gasteiger partial charge in [0, 0.05) is 21.1 Å². The quantitative estimate of drug-likeness (QED) is 0.853. The zero-order valence-corrected chi connectivity index (χ0v) is 11.4. The maximum atomic E-state index is 12.2. The summed E-state index contributed by atoms with van der Waals surface area (Å²) in [5, 5.41) is 1.20. The summed E-state index contributed by atoms with van der Waals surface area (Å²) in [5.74, 6) is 0. The predicted molar refractivity (Wildman–Crippen MR) is 71.4 cm³/mol. The Kier molecular flexibility index (Phi) is 3.08. The van der Waals surface area contributed by atoms with E-state index in [1.807, 2.05) is 13.8 Å². The molecule has 0 aliphatic heterocycles. The normalized spacial score (nSPS) is 11.0. The van der Waals surface area contributed by atoms with Crippen molar-refractivity contribution in [2.24, 2.45) is 0 Å². The summed E-state index contributed by atoms with van der Waals surface area (Å²) in [6, 6.07) is 3.59. The Morgan fingerprint density at radius 3 is 2.75 bits per heavy atom. The zero-order chi connectivity index (χ0) is 11.9. The molecule has 0 saturated carbocycles. The molecule has 2 nitrogen and oxygen atoms in total. The second-order valence-electron chi connectivity index (χ2n) is 3.72. The highest BCUT2D eigenvalue weighted by Gasteiger charge is 2.10. The molecule has 4 heteroatoms. The summed E-state index contributed by atoms with van der Waals surface area (Å²) in [6.45, 7) is 3.88. The van der Waals surface area contributed by atoms with Crippen LogP contribution in [0.4, 0.5) is 0 Å². The number of benzene rings is 1. The Morgan fingerprint density at radius 1 is 1.44 bits per heavy atom. The van der Waals surface area contributed by atoms with Crippen LogP contribution in [0, 0.1) is 6.92 Å². The lowest BCUT2D eigenvalue weighted by Crippen LogP contribution is -2.12. The van der Waals surface area contributed by atoms with Gasteiger partial charge < -0.3 is 4.98 Å². The van der Waals surface area contributed by atoms with Crippen molar-refractivity contribution in [1.29, 1.82) is 0 Å². The van der Waals surface area contributed by atoms with Crippen LogP contribution < -0.4 is 5.43 Å². The third-order valence-electron chi connectivity index (χ3n) is 2.69. The Bertz CT molecular complexity index is 618. The molecule has 0 unspecified atom stereocenters. The van der Waals surface area contributed by atoms with Gasteiger partial charge in [0.15, 0.2) is 5.43 Å². The van der Waals surface area contributed by atoms with E-state index in [1.54, 1.807) is 12.1 Å². The SMILES string of the molecule is CCc1c(C)[nH]c2c(Cl)cc(Br)cc2c1=O. The highest BCUT2D eigenvalue weighted by molar-refractivity contribution is 9.10. The van der Waals surface area contributed by atoms with E-state index in [1.165, 1.54) is 0 Å². The van der Waals surface area contributed by atoms with Crippen LogP contribution in [-0.4, -0.2) is 4.98 Å². The molecule has 1 aromatic heterocycles. The van der Waals surface area contributed by atoms with Crippen molar-refractivity contribution in [3.63, 3.8) is 0 Å². The number of pyridine rings is 1. The van der Waals surface area contributed by atoms with Crippen LogP contribution >= 0.6 is 27.5 Å². The van der Waals surface area contributed by atoms with E-state index in [0.717, 1.165) is 22.2 Å². The summed E-state index contributed by atoms with van der Waals surface area (Å²) < 4.78 is 0.821. The first-order valence-corrected chi connectivity index (χ1v) is 6.22. The number of aromatic nitrogens is 1. The molecule has 0 aliphatic rings. The standard InChI is InChI=1S/C12H11BrClNO/c1-3-8-6(2)15-11-9(12(8)16)4-7(13)5-10(11)14/h4-5H,3H2,1-2H3,(H,15,16). The van der Waals surface area contributed by atoms with Crippen LogP contribution in [0.5, 0.6) is 0 Å². The van der Waals surface area contributed by atoms with Gasteiger partial charge in [0.1, 0.15) is 0 Å². The first-order chi connectivity index (χ1) is 7.54. The summed E-state index contributed by atoms with van der Waals surface area (Å²) in [6.07, 6.45) is 0.723. The maximum absolute atomic E-state index is 12.2. The van der Waals surface area contributed by atoms with Crippen LogP contribution in [0.3, 0.4) is 0 Å². The lowest BCUT2D eigenvalue weighted by Gasteiger charge is -2.07. The number of rotatable bonds is 1. The van der Waals surface area contributed by atoms with E-state index >= 15 is 0 Å². The molecular formula is C12H11BrClNO. The number of H-pyrrole nitrogens is 1. The monoisotopic (exact) mass is 299 g/mol. The molecule has 0 fully saturated rings. The third kappa shape index (κ3) is 1.78. The van der Waals surface area contributed by atoms with Crippen molar-refractivity contribution >= 4 is 38.4 Å². The van der Waals surface area contributed by atoms with Gasteiger partial charge in [0.2, 0.25) is 0 Å². The zero-order valence-electron chi connectivity index (χ0n) is 9.03. The Morgan fingerprint density at radius 2 is 2.12 bits per heavy atom. The molecule has 0 bridgehead atoms. The van der Waals surface area contributed by atoms with Gasteiger partial charge in [-0.2, -0.15) is 0 Å². The topological polar surface area (TPSA) is 32.9 Å². The minimum Gasteiger partial charge on any atom is -0.357 e. The molecule has 0 spiro atoms. The number of aryl methyl sites for hydroxylation is 1. The molecule has 0 aliphatic carbocycles. The molecule has 0 atom stereocenters. The van der Waals surface area contributed by atoms with E-state index in [2.05, 4.69) is 20.9 Å². The molecule has 84 valence electrons. The summed E-state index contributed by atoms with van der Waals surface area (Å²) >= 11 is 9.45. The number of hydrogen-bond donors (Lipinski definition) is 1.